The van der Waals surface area contributed by atoms with Crippen molar-refractivity contribution in [2.24, 2.45) is 0 Å². The fourth-order valence-electron chi connectivity index (χ4n) is 1.62. The number of ether oxygens (including phenoxy) is 1. The number of urea groups is 1. The van der Waals surface area contributed by atoms with E-state index in [1.54, 1.807) is 41.8 Å². The zero-order valence-corrected chi connectivity index (χ0v) is 12.6. The smallest absolute Gasteiger partial charge is 0.326 e. The molecule has 0 aliphatic rings. The lowest BCUT2D eigenvalue weighted by atomic mass is 10.3. The fourth-order valence-corrected chi connectivity index (χ4v) is 2.24. The van der Waals surface area contributed by atoms with E-state index in [1.807, 2.05) is 13.8 Å². The molecule has 5 nitrogen and oxygen atoms in total. The highest BCUT2D eigenvalue weighted by Gasteiger charge is 2.11. The van der Waals surface area contributed by atoms with Crippen molar-refractivity contribution in [3.05, 3.63) is 46.7 Å². The predicted molar refractivity (Wildman–Crippen MR) is 83.0 cm³/mol. The number of hydrogen-bond acceptors (Lipinski definition) is 4. The molecule has 1 heterocycles. The van der Waals surface area contributed by atoms with Crippen LogP contribution in [0.1, 0.15) is 23.5 Å². The first-order chi connectivity index (χ1) is 10.0. The van der Waals surface area contributed by atoms with E-state index < -0.39 is 11.9 Å². The number of carbonyl (C=O) groups is 2. The number of thiophene rings is 1. The Morgan fingerprint density at radius 3 is 2.43 bits per heavy atom. The molecular weight excluding hydrogens is 288 g/mol. The van der Waals surface area contributed by atoms with Gasteiger partial charge in [0, 0.05) is 5.69 Å². The molecule has 0 bridgehead atoms. The third-order valence-electron chi connectivity index (χ3n) is 2.46. The van der Waals surface area contributed by atoms with E-state index >= 15 is 0 Å². The van der Waals surface area contributed by atoms with Gasteiger partial charge >= 0.3 is 6.03 Å². The van der Waals surface area contributed by atoms with Gasteiger partial charge in [-0.05, 0) is 49.6 Å². The van der Waals surface area contributed by atoms with Crippen molar-refractivity contribution in [2.45, 2.75) is 20.0 Å². The summed E-state index contributed by atoms with van der Waals surface area (Å²) in [6.07, 6.45) is 0.0931. The zero-order chi connectivity index (χ0) is 15.2. The third-order valence-corrected chi connectivity index (χ3v) is 3.32. The normalized spacial score (nSPS) is 10.2. The Labute approximate surface area is 126 Å². The van der Waals surface area contributed by atoms with Gasteiger partial charge in [0.05, 0.1) is 11.0 Å². The molecule has 0 unspecified atom stereocenters. The van der Waals surface area contributed by atoms with Crippen LogP contribution in [0.4, 0.5) is 10.5 Å². The van der Waals surface area contributed by atoms with Crippen molar-refractivity contribution in [1.29, 1.82) is 0 Å². The van der Waals surface area contributed by atoms with Gasteiger partial charge in [-0.25, -0.2) is 4.79 Å². The van der Waals surface area contributed by atoms with E-state index in [2.05, 4.69) is 10.6 Å². The minimum atomic E-state index is -0.564. The molecule has 0 aliphatic heterocycles. The molecule has 6 heteroatoms. The summed E-state index contributed by atoms with van der Waals surface area (Å²) in [4.78, 5) is 23.9. The Kier molecular flexibility index (Phi) is 4.94. The van der Waals surface area contributed by atoms with E-state index in [0.29, 0.717) is 10.6 Å². The number of anilines is 1. The van der Waals surface area contributed by atoms with Crippen molar-refractivity contribution >= 4 is 29.0 Å². The highest BCUT2D eigenvalue weighted by molar-refractivity contribution is 7.12. The van der Waals surface area contributed by atoms with E-state index in [0.717, 1.165) is 5.75 Å². The van der Waals surface area contributed by atoms with Gasteiger partial charge in [0.15, 0.2) is 0 Å². The Hall–Kier alpha value is -2.34. The topological polar surface area (TPSA) is 67.4 Å². The monoisotopic (exact) mass is 304 g/mol. The lowest BCUT2D eigenvalue weighted by molar-refractivity contribution is 0.0971. The number of nitrogens with one attached hydrogen (secondary N) is 2. The number of imide groups is 1. The van der Waals surface area contributed by atoms with Crippen LogP contribution in [0.3, 0.4) is 0 Å². The number of amides is 3. The minimum Gasteiger partial charge on any atom is -0.491 e. The number of rotatable bonds is 4. The predicted octanol–water partition coefficient (Wildman–Crippen LogP) is 3.50. The summed E-state index contributed by atoms with van der Waals surface area (Å²) in [6.45, 7) is 3.88. The summed E-state index contributed by atoms with van der Waals surface area (Å²) in [7, 11) is 0. The molecule has 0 aliphatic carbocycles. The number of benzene rings is 1. The highest BCUT2D eigenvalue weighted by atomic mass is 32.1. The Balaban J connectivity index is 1.89. The maximum Gasteiger partial charge on any atom is 0.326 e. The van der Waals surface area contributed by atoms with Crippen LogP contribution < -0.4 is 15.4 Å². The summed E-state index contributed by atoms with van der Waals surface area (Å²) in [5, 5.41) is 6.64. The molecule has 0 radical (unpaired) electrons. The van der Waals surface area contributed by atoms with Crippen LogP contribution in [0.2, 0.25) is 0 Å². The molecular formula is C15H16N2O3S. The third kappa shape index (κ3) is 4.61. The quantitative estimate of drug-likeness (QED) is 0.908. The maximum atomic E-state index is 11.7. The van der Waals surface area contributed by atoms with Crippen LogP contribution in [-0.4, -0.2) is 18.0 Å². The van der Waals surface area contributed by atoms with E-state index in [9.17, 15) is 9.59 Å². The first kappa shape index (κ1) is 15.1. The molecule has 21 heavy (non-hydrogen) atoms. The summed E-state index contributed by atoms with van der Waals surface area (Å²) >= 11 is 1.28. The van der Waals surface area contributed by atoms with Gasteiger partial charge in [-0.1, -0.05) is 6.07 Å². The van der Waals surface area contributed by atoms with Crippen molar-refractivity contribution in [2.75, 3.05) is 5.32 Å². The lowest BCUT2D eigenvalue weighted by Crippen LogP contribution is -2.33. The SMILES string of the molecule is CC(C)Oc1ccc(NC(=O)NC(=O)c2cccs2)cc1. The molecule has 0 spiro atoms. The second-order valence-corrected chi connectivity index (χ2v) is 5.52. The molecule has 1 aromatic carbocycles. The van der Waals surface area contributed by atoms with Gasteiger partial charge in [-0.2, -0.15) is 0 Å². The van der Waals surface area contributed by atoms with Gasteiger partial charge in [0.25, 0.3) is 5.91 Å². The van der Waals surface area contributed by atoms with Crippen molar-refractivity contribution in [3.63, 3.8) is 0 Å². The van der Waals surface area contributed by atoms with Crippen LogP contribution in [0.5, 0.6) is 5.75 Å². The molecule has 0 atom stereocenters. The van der Waals surface area contributed by atoms with Gasteiger partial charge in [0.2, 0.25) is 0 Å². The highest BCUT2D eigenvalue weighted by Crippen LogP contribution is 2.16. The Morgan fingerprint density at radius 1 is 1.14 bits per heavy atom. The first-order valence-electron chi connectivity index (χ1n) is 6.47. The summed E-state index contributed by atoms with van der Waals surface area (Å²) in [6, 6.07) is 9.80. The van der Waals surface area contributed by atoms with E-state index in [-0.39, 0.29) is 6.10 Å². The first-order valence-corrected chi connectivity index (χ1v) is 7.35. The van der Waals surface area contributed by atoms with Crippen molar-refractivity contribution in [1.82, 2.24) is 5.32 Å². The standard InChI is InChI=1S/C15H16N2O3S/c1-10(2)20-12-7-5-11(6-8-12)16-15(19)17-14(18)13-4-3-9-21-13/h3-10H,1-2H3,(H2,16,17,18,19). The van der Waals surface area contributed by atoms with Crippen LogP contribution in [0.25, 0.3) is 0 Å². The second-order valence-electron chi connectivity index (χ2n) is 4.58. The molecule has 110 valence electrons. The van der Waals surface area contributed by atoms with Crippen LogP contribution in [0.15, 0.2) is 41.8 Å². The lowest BCUT2D eigenvalue weighted by Gasteiger charge is -2.10. The van der Waals surface area contributed by atoms with Crippen LogP contribution in [-0.2, 0) is 0 Å². The van der Waals surface area contributed by atoms with E-state index in [4.69, 9.17) is 4.74 Å². The van der Waals surface area contributed by atoms with Crippen LogP contribution >= 0.6 is 11.3 Å². The molecule has 0 fully saturated rings. The average molecular weight is 304 g/mol. The second kappa shape index (κ2) is 6.90. The summed E-state index contributed by atoms with van der Waals surface area (Å²) < 4.78 is 5.51. The van der Waals surface area contributed by atoms with E-state index in [1.165, 1.54) is 11.3 Å². The fraction of sp³-hybridized carbons (Fsp3) is 0.200. The van der Waals surface area contributed by atoms with Gasteiger partial charge in [0.1, 0.15) is 5.75 Å². The molecule has 2 aromatic rings. The molecule has 2 rings (SSSR count). The van der Waals surface area contributed by atoms with Crippen LogP contribution in [0, 0.1) is 0 Å². The largest absolute Gasteiger partial charge is 0.491 e. The Bertz CT molecular complexity index is 606. The summed E-state index contributed by atoms with van der Waals surface area (Å²) in [5.41, 5.74) is 0.586. The zero-order valence-electron chi connectivity index (χ0n) is 11.8. The number of carbonyl (C=O) groups excluding carboxylic acids is 2. The molecule has 1 aromatic heterocycles. The van der Waals surface area contributed by atoms with Gasteiger partial charge < -0.3 is 10.1 Å². The maximum absolute atomic E-state index is 11.7. The van der Waals surface area contributed by atoms with Gasteiger partial charge in [-0.15, -0.1) is 11.3 Å². The minimum absolute atomic E-state index is 0.0931. The van der Waals surface area contributed by atoms with Crippen molar-refractivity contribution in [3.8, 4) is 5.75 Å². The molecule has 2 N–H and O–H groups in total. The Morgan fingerprint density at radius 2 is 1.86 bits per heavy atom. The summed E-state index contributed by atoms with van der Waals surface area (Å²) in [5.74, 6) is 0.313. The molecule has 0 saturated heterocycles. The average Bonchev–Trinajstić information content (AvgIpc) is 2.94. The van der Waals surface area contributed by atoms with Gasteiger partial charge in [-0.3, -0.25) is 10.1 Å². The molecule has 3 amide bonds. The molecule has 0 saturated carbocycles. The number of hydrogen-bond donors (Lipinski definition) is 2. The van der Waals surface area contributed by atoms with Crippen molar-refractivity contribution < 1.29 is 14.3 Å².